The largest absolute Gasteiger partial charge is 0.434 e. The van der Waals surface area contributed by atoms with Crippen molar-refractivity contribution in [3.63, 3.8) is 0 Å². The van der Waals surface area contributed by atoms with Crippen LogP contribution in [-0.4, -0.2) is 29.5 Å². The fourth-order valence-corrected chi connectivity index (χ4v) is 4.05. The molecule has 6 heteroatoms. The van der Waals surface area contributed by atoms with Gasteiger partial charge in [0.25, 0.3) is 5.91 Å². The van der Waals surface area contributed by atoms with Crippen molar-refractivity contribution < 1.29 is 14.3 Å². The van der Waals surface area contributed by atoms with Crippen molar-refractivity contribution in [1.82, 2.24) is 4.90 Å². The number of hydrogen-bond acceptors (Lipinski definition) is 3. The van der Waals surface area contributed by atoms with E-state index in [9.17, 15) is 9.59 Å². The average Bonchev–Trinajstić information content (AvgIpc) is 3.32. The number of nitrogens with zero attached hydrogens (tertiary/aromatic N) is 1. The summed E-state index contributed by atoms with van der Waals surface area (Å²) in [6.45, 7) is 0.170. The average molecular weight is 371 g/mol. The summed E-state index contributed by atoms with van der Waals surface area (Å²) < 4.78 is 5.17. The number of primary amides is 1. The number of rotatable bonds is 5. The Morgan fingerprint density at radius 1 is 1.19 bits per heavy atom. The number of benzene rings is 2. The summed E-state index contributed by atoms with van der Waals surface area (Å²) in [6, 6.07) is 17.6. The summed E-state index contributed by atoms with van der Waals surface area (Å²) in [5.41, 5.74) is 7.53. The van der Waals surface area contributed by atoms with Crippen molar-refractivity contribution in [2.45, 2.75) is 24.5 Å². The van der Waals surface area contributed by atoms with Gasteiger partial charge in [-0.3, -0.25) is 9.69 Å². The van der Waals surface area contributed by atoms with E-state index in [4.69, 9.17) is 22.1 Å². The predicted molar refractivity (Wildman–Crippen MR) is 97.7 cm³/mol. The molecule has 0 bridgehead atoms. The topological polar surface area (TPSA) is 72.6 Å². The normalized spacial score (nSPS) is 25.7. The van der Waals surface area contributed by atoms with Gasteiger partial charge in [0, 0.05) is 5.02 Å². The maximum atomic E-state index is 12.4. The molecule has 134 valence electrons. The molecule has 26 heavy (non-hydrogen) atoms. The van der Waals surface area contributed by atoms with E-state index in [2.05, 4.69) is 12.1 Å². The van der Waals surface area contributed by atoms with E-state index in [1.54, 1.807) is 11.0 Å². The van der Waals surface area contributed by atoms with Gasteiger partial charge in [-0.1, -0.05) is 54.1 Å². The van der Waals surface area contributed by atoms with Gasteiger partial charge in [-0.2, -0.15) is 0 Å². The number of carbonyl (C=O) groups excluding carboxylic acids is 2. The number of ether oxygens (including phenoxy) is 1. The zero-order valence-corrected chi connectivity index (χ0v) is 14.8. The highest BCUT2D eigenvalue weighted by atomic mass is 35.5. The first-order valence-electron chi connectivity index (χ1n) is 8.61. The molecule has 1 aliphatic heterocycles. The first-order chi connectivity index (χ1) is 12.5. The molecule has 5 nitrogen and oxygen atoms in total. The van der Waals surface area contributed by atoms with Crippen molar-refractivity contribution in [2.75, 3.05) is 6.54 Å². The SMILES string of the molecule is NC(=O)C1CN([C@@H](c2cccc(Cl)c2)[C@@H]2C[C@@H]2c2ccccc2)C(=O)O1. The van der Waals surface area contributed by atoms with E-state index in [0.29, 0.717) is 10.9 Å². The minimum absolute atomic E-state index is 0.170. The van der Waals surface area contributed by atoms with Crippen LogP contribution in [0.2, 0.25) is 5.02 Å². The highest BCUT2D eigenvalue weighted by molar-refractivity contribution is 6.30. The van der Waals surface area contributed by atoms with E-state index in [0.717, 1.165) is 12.0 Å². The number of nitrogens with two attached hydrogens (primary N) is 1. The van der Waals surface area contributed by atoms with Crippen LogP contribution in [0.5, 0.6) is 0 Å². The van der Waals surface area contributed by atoms with Gasteiger partial charge in [0.05, 0.1) is 12.6 Å². The Labute approximate surface area is 156 Å². The molecule has 2 aliphatic rings. The Morgan fingerprint density at radius 3 is 2.62 bits per heavy atom. The molecule has 2 aromatic carbocycles. The number of amides is 2. The predicted octanol–water partition coefficient (Wildman–Crippen LogP) is 3.49. The molecule has 4 rings (SSSR count). The Kier molecular flexibility index (Phi) is 4.32. The van der Waals surface area contributed by atoms with Crippen LogP contribution in [0.25, 0.3) is 0 Å². The first kappa shape index (κ1) is 16.9. The lowest BCUT2D eigenvalue weighted by Gasteiger charge is -2.27. The Balaban J connectivity index is 1.65. The molecule has 2 amide bonds. The Hall–Kier alpha value is -2.53. The van der Waals surface area contributed by atoms with Gasteiger partial charge in [-0.25, -0.2) is 4.79 Å². The Bertz CT molecular complexity index is 842. The third-order valence-electron chi connectivity index (χ3n) is 5.16. The summed E-state index contributed by atoms with van der Waals surface area (Å²) in [6.07, 6.45) is -0.442. The van der Waals surface area contributed by atoms with Gasteiger partial charge in [-0.15, -0.1) is 0 Å². The molecular weight excluding hydrogens is 352 g/mol. The lowest BCUT2D eigenvalue weighted by atomic mass is 9.97. The summed E-state index contributed by atoms with van der Waals surface area (Å²) in [5.74, 6) is -0.0169. The van der Waals surface area contributed by atoms with Crippen molar-refractivity contribution in [3.05, 3.63) is 70.7 Å². The van der Waals surface area contributed by atoms with Crippen molar-refractivity contribution in [2.24, 2.45) is 11.7 Å². The number of halogens is 1. The van der Waals surface area contributed by atoms with Gasteiger partial charge < -0.3 is 10.5 Å². The van der Waals surface area contributed by atoms with Crippen LogP contribution in [0.15, 0.2) is 54.6 Å². The molecule has 2 aromatic rings. The molecule has 1 unspecified atom stereocenters. The molecule has 1 saturated carbocycles. The minimum Gasteiger partial charge on any atom is -0.434 e. The number of hydrogen-bond donors (Lipinski definition) is 1. The third kappa shape index (κ3) is 3.15. The second-order valence-corrected chi connectivity index (χ2v) is 7.28. The van der Waals surface area contributed by atoms with Crippen LogP contribution >= 0.6 is 11.6 Å². The van der Waals surface area contributed by atoms with Crippen LogP contribution in [0.1, 0.15) is 29.5 Å². The maximum Gasteiger partial charge on any atom is 0.411 e. The van der Waals surface area contributed by atoms with Crippen molar-refractivity contribution >= 4 is 23.6 Å². The molecule has 4 atom stereocenters. The van der Waals surface area contributed by atoms with E-state index in [1.165, 1.54) is 5.56 Å². The minimum atomic E-state index is -0.905. The smallest absolute Gasteiger partial charge is 0.411 e. The molecule has 0 spiro atoms. The molecule has 2 fully saturated rings. The Morgan fingerprint density at radius 2 is 1.96 bits per heavy atom. The van der Waals surface area contributed by atoms with E-state index in [1.807, 2.05) is 36.4 Å². The quantitative estimate of drug-likeness (QED) is 0.875. The van der Waals surface area contributed by atoms with E-state index < -0.39 is 18.1 Å². The van der Waals surface area contributed by atoms with Crippen molar-refractivity contribution in [3.8, 4) is 0 Å². The summed E-state index contributed by atoms with van der Waals surface area (Å²) in [4.78, 5) is 25.5. The van der Waals surface area contributed by atoms with E-state index in [-0.39, 0.29) is 18.5 Å². The summed E-state index contributed by atoms with van der Waals surface area (Å²) in [5, 5.41) is 0.614. The molecule has 1 aliphatic carbocycles. The van der Waals surface area contributed by atoms with Gasteiger partial charge in [0.1, 0.15) is 0 Å². The highest BCUT2D eigenvalue weighted by Gasteiger charge is 2.51. The second-order valence-electron chi connectivity index (χ2n) is 6.84. The molecule has 2 N–H and O–H groups in total. The zero-order chi connectivity index (χ0) is 18.3. The van der Waals surface area contributed by atoms with Crippen LogP contribution in [-0.2, 0) is 9.53 Å². The first-order valence-corrected chi connectivity index (χ1v) is 8.99. The molecule has 1 heterocycles. The third-order valence-corrected chi connectivity index (χ3v) is 5.39. The zero-order valence-electron chi connectivity index (χ0n) is 14.0. The second kappa shape index (κ2) is 6.65. The van der Waals surface area contributed by atoms with Gasteiger partial charge in [-0.05, 0) is 41.5 Å². The van der Waals surface area contributed by atoms with E-state index >= 15 is 0 Å². The number of carbonyl (C=O) groups is 2. The lowest BCUT2D eigenvalue weighted by molar-refractivity contribution is -0.124. The molecule has 1 saturated heterocycles. The number of cyclic esters (lactones) is 1. The summed E-state index contributed by atoms with van der Waals surface area (Å²) >= 11 is 6.18. The van der Waals surface area contributed by atoms with Crippen molar-refractivity contribution in [1.29, 1.82) is 0 Å². The maximum absolute atomic E-state index is 12.4. The van der Waals surface area contributed by atoms with Crippen LogP contribution in [0.3, 0.4) is 0 Å². The van der Waals surface area contributed by atoms with Gasteiger partial charge in [0.15, 0.2) is 6.10 Å². The fourth-order valence-electron chi connectivity index (χ4n) is 3.85. The molecule has 0 radical (unpaired) electrons. The van der Waals surface area contributed by atoms with Crippen LogP contribution in [0.4, 0.5) is 4.79 Å². The summed E-state index contributed by atoms with van der Waals surface area (Å²) in [7, 11) is 0. The van der Waals surface area contributed by atoms with Gasteiger partial charge in [0.2, 0.25) is 0 Å². The molecule has 0 aromatic heterocycles. The lowest BCUT2D eigenvalue weighted by Crippen LogP contribution is -2.35. The highest BCUT2D eigenvalue weighted by Crippen LogP contribution is 2.56. The van der Waals surface area contributed by atoms with Crippen LogP contribution in [0, 0.1) is 5.92 Å². The fraction of sp³-hybridized carbons (Fsp3) is 0.300. The van der Waals surface area contributed by atoms with Crippen LogP contribution < -0.4 is 5.73 Å². The molecular formula is C20H19ClN2O3. The van der Waals surface area contributed by atoms with Gasteiger partial charge >= 0.3 is 6.09 Å². The monoisotopic (exact) mass is 370 g/mol. The standard InChI is InChI=1S/C20H19ClN2O3/c21-14-8-4-7-13(9-14)18(23-11-17(19(22)24)26-20(23)25)16-10-15(16)12-5-2-1-3-6-12/h1-9,15-18H,10-11H2,(H2,22,24)/t15-,16-,17?,18+/m1/s1.